The summed E-state index contributed by atoms with van der Waals surface area (Å²) in [5.41, 5.74) is 0.857. The molecule has 30 heavy (non-hydrogen) atoms. The zero-order chi connectivity index (χ0) is 22.1. The first-order chi connectivity index (χ1) is 14.1. The quantitative estimate of drug-likeness (QED) is 0.404. The number of amides is 1. The Bertz CT molecular complexity index is 1130. The van der Waals surface area contributed by atoms with E-state index >= 15 is 0 Å². The molecule has 0 spiro atoms. The lowest BCUT2D eigenvalue weighted by atomic mass is 10.0. The van der Waals surface area contributed by atoms with Crippen LogP contribution in [0.15, 0.2) is 47.4 Å². The Hall–Kier alpha value is -3.27. The van der Waals surface area contributed by atoms with Crippen LogP contribution in [0.3, 0.4) is 0 Å². The molecule has 0 saturated carbocycles. The van der Waals surface area contributed by atoms with Gasteiger partial charge in [0.1, 0.15) is 4.90 Å². The molecule has 0 saturated heterocycles. The zero-order valence-corrected chi connectivity index (χ0v) is 17.2. The highest BCUT2D eigenvalue weighted by Crippen LogP contribution is 2.28. The second-order valence-electron chi connectivity index (χ2n) is 6.98. The maximum absolute atomic E-state index is 12.8. The van der Waals surface area contributed by atoms with Crippen LogP contribution in [0.1, 0.15) is 29.3 Å². The van der Waals surface area contributed by atoms with E-state index < -0.39 is 43.3 Å². The number of nitrogens with zero attached hydrogens (tertiary/aromatic N) is 2. The molecule has 1 amide bonds. The number of nitro benzene ring substituents is 1. The molecular weight excluding hydrogens is 412 g/mol. The van der Waals surface area contributed by atoms with Crippen molar-refractivity contribution in [2.75, 3.05) is 17.7 Å². The van der Waals surface area contributed by atoms with Gasteiger partial charge in [-0.05, 0) is 43.5 Å². The van der Waals surface area contributed by atoms with Crippen molar-refractivity contribution in [1.82, 2.24) is 0 Å². The summed E-state index contributed by atoms with van der Waals surface area (Å²) in [5.74, 6) is -1.36. The number of hydrogen-bond acceptors (Lipinski definition) is 7. The topological polar surface area (TPSA) is 124 Å². The number of carbonyl (C=O) groups is 2. The minimum Gasteiger partial charge on any atom is -0.449 e. The molecule has 1 aliphatic heterocycles. The summed E-state index contributed by atoms with van der Waals surface area (Å²) in [7, 11) is -3.85. The standard InChI is InChI=1S/C20H20N2O7S/c1-13(19(23)21-11-5-7-14-6-3-4-8-16(14)21)29-20(24)15-9-10-18(30(2,27)28)17(12-15)22(25)26/h3-4,6,8-10,12-13H,5,7,11H2,1-2H3. The van der Waals surface area contributed by atoms with E-state index in [9.17, 15) is 28.1 Å². The maximum atomic E-state index is 12.8. The molecule has 0 aromatic heterocycles. The van der Waals surface area contributed by atoms with E-state index in [1.54, 1.807) is 4.90 Å². The monoisotopic (exact) mass is 432 g/mol. The van der Waals surface area contributed by atoms with Crippen molar-refractivity contribution in [3.05, 3.63) is 63.7 Å². The molecule has 0 bridgehead atoms. The predicted octanol–water partition coefficient (Wildman–Crippen LogP) is 2.52. The van der Waals surface area contributed by atoms with E-state index in [1.165, 1.54) is 6.92 Å². The van der Waals surface area contributed by atoms with Crippen LogP contribution in [0, 0.1) is 10.1 Å². The summed E-state index contributed by atoms with van der Waals surface area (Å²) < 4.78 is 28.6. The average molecular weight is 432 g/mol. The van der Waals surface area contributed by atoms with E-state index in [4.69, 9.17) is 4.74 Å². The smallest absolute Gasteiger partial charge is 0.339 e. The Balaban J connectivity index is 1.80. The molecule has 1 aliphatic rings. The molecule has 1 atom stereocenters. The Kier molecular flexibility index (Phi) is 5.88. The first-order valence-electron chi connectivity index (χ1n) is 9.18. The van der Waals surface area contributed by atoms with Crippen LogP contribution < -0.4 is 4.90 Å². The van der Waals surface area contributed by atoms with Gasteiger partial charge in [0.25, 0.3) is 11.6 Å². The van der Waals surface area contributed by atoms with Gasteiger partial charge >= 0.3 is 5.97 Å². The molecule has 0 radical (unpaired) electrons. The normalized spacial score (nSPS) is 14.5. The highest BCUT2D eigenvalue weighted by Gasteiger charge is 2.30. The van der Waals surface area contributed by atoms with Crippen LogP contribution in [-0.2, 0) is 25.8 Å². The molecule has 10 heteroatoms. The van der Waals surface area contributed by atoms with E-state index in [1.807, 2.05) is 24.3 Å². The highest BCUT2D eigenvalue weighted by molar-refractivity contribution is 7.90. The Morgan fingerprint density at radius 2 is 1.90 bits per heavy atom. The number of esters is 1. The van der Waals surface area contributed by atoms with E-state index in [0.717, 1.165) is 48.5 Å². The van der Waals surface area contributed by atoms with Crippen molar-refractivity contribution < 1.29 is 27.7 Å². The van der Waals surface area contributed by atoms with Crippen molar-refractivity contribution in [2.45, 2.75) is 30.8 Å². The number of nitro groups is 1. The SMILES string of the molecule is CC(OC(=O)c1ccc(S(C)(=O)=O)c([N+](=O)[O-])c1)C(=O)N1CCCc2ccccc21. The zero-order valence-electron chi connectivity index (χ0n) is 16.4. The fourth-order valence-corrected chi connectivity index (χ4v) is 4.19. The van der Waals surface area contributed by atoms with Crippen molar-refractivity contribution >= 4 is 33.1 Å². The molecule has 3 rings (SSSR count). The molecule has 0 fully saturated rings. The molecule has 9 nitrogen and oxygen atoms in total. The molecule has 1 unspecified atom stereocenters. The van der Waals surface area contributed by atoms with Gasteiger partial charge in [0.05, 0.1) is 10.5 Å². The van der Waals surface area contributed by atoms with Gasteiger partial charge in [-0.2, -0.15) is 0 Å². The number of hydrogen-bond donors (Lipinski definition) is 0. The van der Waals surface area contributed by atoms with Crippen molar-refractivity contribution in [1.29, 1.82) is 0 Å². The van der Waals surface area contributed by atoms with Gasteiger partial charge in [0.15, 0.2) is 15.9 Å². The number of para-hydroxylation sites is 1. The van der Waals surface area contributed by atoms with Crippen molar-refractivity contribution in [2.24, 2.45) is 0 Å². The number of ether oxygens (including phenoxy) is 1. The summed E-state index contributed by atoms with van der Waals surface area (Å²) >= 11 is 0. The van der Waals surface area contributed by atoms with Crippen LogP contribution in [-0.4, -0.2) is 44.1 Å². The number of rotatable bonds is 5. The van der Waals surface area contributed by atoms with E-state index in [2.05, 4.69) is 0 Å². The van der Waals surface area contributed by atoms with Gasteiger partial charge in [-0.25, -0.2) is 13.2 Å². The summed E-state index contributed by atoms with van der Waals surface area (Å²) in [6.07, 6.45) is 1.34. The average Bonchev–Trinajstić information content (AvgIpc) is 2.71. The van der Waals surface area contributed by atoms with Crippen LogP contribution >= 0.6 is 0 Å². The molecule has 1 heterocycles. The number of carbonyl (C=O) groups excluding carboxylic acids is 2. The highest BCUT2D eigenvalue weighted by atomic mass is 32.2. The Morgan fingerprint density at radius 1 is 1.20 bits per heavy atom. The van der Waals surface area contributed by atoms with Gasteiger partial charge < -0.3 is 9.64 Å². The second-order valence-corrected chi connectivity index (χ2v) is 8.97. The molecule has 2 aromatic rings. The van der Waals surface area contributed by atoms with Gasteiger partial charge in [0.2, 0.25) is 0 Å². The number of anilines is 1. The lowest BCUT2D eigenvalue weighted by Gasteiger charge is -2.31. The largest absolute Gasteiger partial charge is 0.449 e. The minimum atomic E-state index is -3.85. The number of fused-ring (bicyclic) bond motifs is 1. The summed E-state index contributed by atoms with van der Waals surface area (Å²) in [4.78, 5) is 36.7. The van der Waals surface area contributed by atoms with Gasteiger partial charge in [-0.1, -0.05) is 18.2 Å². The Morgan fingerprint density at radius 3 is 2.57 bits per heavy atom. The predicted molar refractivity (Wildman–Crippen MR) is 108 cm³/mol. The fraction of sp³-hybridized carbons (Fsp3) is 0.300. The summed E-state index contributed by atoms with van der Waals surface area (Å²) in [5, 5.41) is 11.2. The second kappa shape index (κ2) is 8.23. The van der Waals surface area contributed by atoms with E-state index in [0.29, 0.717) is 6.54 Å². The van der Waals surface area contributed by atoms with Gasteiger partial charge in [-0.15, -0.1) is 0 Å². The van der Waals surface area contributed by atoms with Gasteiger partial charge in [0, 0.05) is 24.6 Å². The summed E-state index contributed by atoms with van der Waals surface area (Å²) in [6.45, 7) is 1.92. The Labute approximate surface area is 173 Å². The van der Waals surface area contributed by atoms with Crippen molar-refractivity contribution in [3.63, 3.8) is 0 Å². The third kappa shape index (κ3) is 4.33. The molecule has 2 aromatic carbocycles. The fourth-order valence-electron chi connectivity index (χ4n) is 3.36. The van der Waals surface area contributed by atoms with Gasteiger partial charge in [-0.3, -0.25) is 14.9 Å². The lowest BCUT2D eigenvalue weighted by Crippen LogP contribution is -2.42. The molecule has 0 N–H and O–H groups in total. The van der Waals surface area contributed by atoms with Crippen LogP contribution in [0.25, 0.3) is 0 Å². The third-order valence-electron chi connectivity index (χ3n) is 4.80. The van der Waals surface area contributed by atoms with Crippen LogP contribution in [0.5, 0.6) is 0 Å². The molecular formula is C20H20N2O7S. The molecule has 158 valence electrons. The van der Waals surface area contributed by atoms with Crippen LogP contribution in [0.2, 0.25) is 0 Å². The number of benzene rings is 2. The minimum absolute atomic E-state index is 0.215. The first kappa shape index (κ1) is 21.4. The molecule has 0 aliphatic carbocycles. The first-order valence-corrected chi connectivity index (χ1v) is 11.1. The third-order valence-corrected chi connectivity index (χ3v) is 5.94. The van der Waals surface area contributed by atoms with Crippen molar-refractivity contribution in [3.8, 4) is 0 Å². The number of aryl methyl sites for hydroxylation is 1. The maximum Gasteiger partial charge on any atom is 0.339 e. The number of sulfone groups is 1. The summed E-state index contributed by atoms with van der Waals surface area (Å²) in [6, 6.07) is 10.4. The van der Waals surface area contributed by atoms with E-state index in [-0.39, 0.29) is 5.56 Å². The lowest BCUT2D eigenvalue weighted by molar-refractivity contribution is -0.387. The van der Waals surface area contributed by atoms with Crippen LogP contribution in [0.4, 0.5) is 11.4 Å².